The first kappa shape index (κ1) is 9.24. The molecule has 3 N–H and O–H groups in total. The normalized spacial score (nSPS) is 9.69. The third kappa shape index (κ3) is 1.51. The summed E-state index contributed by atoms with van der Waals surface area (Å²) in [7, 11) is 3.31. The lowest BCUT2D eigenvalue weighted by Gasteiger charge is -2.12. The van der Waals surface area contributed by atoms with Crippen molar-refractivity contribution in [2.45, 2.75) is 0 Å². The molecule has 0 aliphatic carbocycles. The number of rotatable bonds is 3. The molecule has 13 heavy (non-hydrogen) atoms. The Balaban J connectivity index is 3.23. The molecule has 0 atom stereocenters. The zero-order valence-electron chi connectivity index (χ0n) is 7.48. The maximum Gasteiger partial charge on any atom is 0.215 e. The molecule has 0 aliphatic rings. The van der Waals surface area contributed by atoms with Crippen LogP contribution in [0.25, 0.3) is 0 Å². The number of imidazole rings is 1. The molecule has 0 aromatic carbocycles. The summed E-state index contributed by atoms with van der Waals surface area (Å²) < 4.78 is 1.63. The topological polar surface area (TPSA) is 88.0 Å². The number of anilines is 1. The first-order valence-electron chi connectivity index (χ1n) is 3.61. The van der Waals surface area contributed by atoms with E-state index in [9.17, 15) is 4.79 Å². The first-order valence-corrected chi connectivity index (χ1v) is 3.61. The molecule has 1 aromatic heterocycles. The monoisotopic (exact) mass is 181 g/mol. The molecule has 70 valence electrons. The molecule has 1 rings (SSSR count). The van der Waals surface area contributed by atoms with Gasteiger partial charge in [-0.3, -0.25) is 10.2 Å². The molecule has 0 saturated carbocycles. The summed E-state index contributed by atoms with van der Waals surface area (Å²) >= 11 is 0. The summed E-state index contributed by atoms with van der Waals surface area (Å²) in [6.45, 7) is 0. The molecule has 6 heteroatoms. The highest BCUT2D eigenvalue weighted by Gasteiger charge is 2.14. The second-order valence-corrected chi connectivity index (χ2v) is 2.66. The number of nitrogens with two attached hydrogens (primary N) is 1. The molecular weight excluding hydrogens is 170 g/mol. The summed E-state index contributed by atoms with van der Waals surface area (Å²) in [6.07, 6.45) is 2.15. The van der Waals surface area contributed by atoms with Crippen LogP contribution in [0.4, 0.5) is 5.82 Å². The van der Waals surface area contributed by atoms with Crippen LogP contribution < -0.4 is 10.6 Å². The van der Waals surface area contributed by atoms with Crippen molar-refractivity contribution >= 4 is 18.1 Å². The van der Waals surface area contributed by atoms with Crippen molar-refractivity contribution < 1.29 is 4.79 Å². The molecule has 0 fully saturated rings. The van der Waals surface area contributed by atoms with E-state index < -0.39 is 0 Å². The number of nitrogen functional groups attached to an aromatic ring is 1. The lowest BCUT2D eigenvalue weighted by Crippen LogP contribution is -2.22. The number of nitrogens with one attached hydrogen (secondary N) is 1. The quantitative estimate of drug-likeness (QED) is 0.367. The zero-order valence-corrected chi connectivity index (χ0v) is 7.48. The van der Waals surface area contributed by atoms with Crippen LogP contribution in [0.2, 0.25) is 0 Å². The highest BCUT2D eigenvalue weighted by atomic mass is 16.1. The van der Waals surface area contributed by atoms with Crippen molar-refractivity contribution in [3.8, 4) is 0 Å². The highest BCUT2D eigenvalue weighted by Crippen LogP contribution is 2.14. The number of hydrogen-bond acceptors (Lipinski definition) is 3. The van der Waals surface area contributed by atoms with Crippen LogP contribution in [0.1, 0.15) is 5.69 Å². The average Bonchev–Trinajstić information content (AvgIpc) is 2.46. The average molecular weight is 181 g/mol. The van der Waals surface area contributed by atoms with Gasteiger partial charge in [0.05, 0.1) is 6.33 Å². The van der Waals surface area contributed by atoms with Crippen molar-refractivity contribution in [3.63, 3.8) is 0 Å². The summed E-state index contributed by atoms with van der Waals surface area (Å²) in [4.78, 5) is 15.7. The zero-order chi connectivity index (χ0) is 10.0. The van der Waals surface area contributed by atoms with Crippen LogP contribution in [0.5, 0.6) is 0 Å². The Labute approximate surface area is 75.5 Å². The molecule has 1 amide bonds. The molecule has 0 unspecified atom stereocenters. The number of carbonyl (C=O) groups excluding carboxylic acids is 1. The maximum atomic E-state index is 10.5. The van der Waals surface area contributed by atoms with Gasteiger partial charge in [0.2, 0.25) is 6.41 Å². The lowest BCUT2D eigenvalue weighted by atomic mass is 10.4. The van der Waals surface area contributed by atoms with Gasteiger partial charge in [0.1, 0.15) is 17.3 Å². The number of amides is 1. The van der Waals surface area contributed by atoms with Gasteiger partial charge in [0.25, 0.3) is 0 Å². The lowest BCUT2D eigenvalue weighted by molar-refractivity contribution is -0.107. The van der Waals surface area contributed by atoms with E-state index in [4.69, 9.17) is 11.1 Å². The predicted octanol–water partition coefficient (Wildman–Crippen LogP) is -0.703. The summed E-state index contributed by atoms with van der Waals surface area (Å²) in [5.41, 5.74) is 5.60. The molecule has 0 spiro atoms. The molecule has 0 saturated heterocycles. The largest absolute Gasteiger partial charge is 0.382 e. The molecule has 0 aliphatic heterocycles. The van der Waals surface area contributed by atoms with E-state index in [0.29, 0.717) is 17.9 Å². The number of amidine groups is 1. The molecule has 0 bridgehead atoms. The van der Waals surface area contributed by atoms with Crippen LogP contribution in [0.3, 0.4) is 0 Å². The van der Waals surface area contributed by atoms with Crippen LogP contribution in [-0.4, -0.2) is 28.8 Å². The third-order valence-corrected chi connectivity index (χ3v) is 1.65. The Bertz CT molecular complexity index is 343. The minimum atomic E-state index is -0.149. The van der Waals surface area contributed by atoms with E-state index in [-0.39, 0.29) is 5.84 Å². The van der Waals surface area contributed by atoms with Crippen LogP contribution in [0, 0.1) is 5.41 Å². The Hall–Kier alpha value is -1.85. The fourth-order valence-corrected chi connectivity index (χ4v) is 1.08. The summed E-state index contributed by atoms with van der Waals surface area (Å²) in [6, 6.07) is 0. The fourth-order valence-electron chi connectivity index (χ4n) is 1.08. The Morgan fingerprint density at radius 2 is 2.46 bits per heavy atom. The van der Waals surface area contributed by atoms with E-state index in [0.717, 1.165) is 0 Å². The molecule has 1 heterocycles. The van der Waals surface area contributed by atoms with E-state index in [1.165, 1.54) is 11.2 Å². The fraction of sp³-hybridized carbons (Fsp3) is 0.286. The second kappa shape index (κ2) is 3.26. The Morgan fingerprint density at radius 1 is 1.85 bits per heavy atom. The second-order valence-electron chi connectivity index (χ2n) is 2.66. The Morgan fingerprint density at radius 3 is 2.92 bits per heavy atom. The van der Waals surface area contributed by atoms with Crippen molar-refractivity contribution in [3.05, 3.63) is 12.0 Å². The predicted molar refractivity (Wildman–Crippen MR) is 48.7 cm³/mol. The van der Waals surface area contributed by atoms with Gasteiger partial charge in [0.15, 0.2) is 0 Å². The number of carbonyl (C=O) groups is 1. The van der Waals surface area contributed by atoms with Crippen LogP contribution >= 0.6 is 0 Å². The first-order chi connectivity index (χ1) is 6.07. The number of nitrogens with zero attached hydrogens (tertiary/aromatic N) is 3. The SMILES string of the molecule is CN(C=O)c1c(C(=N)N)ncn1C. The van der Waals surface area contributed by atoms with Gasteiger partial charge < -0.3 is 15.2 Å². The molecular formula is C7H11N5O. The Kier molecular flexibility index (Phi) is 2.32. The van der Waals surface area contributed by atoms with E-state index in [2.05, 4.69) is 4.98 Å². The third-order valence-electron chi connectivity index (χ3n) is 1.65. The smallest absolute Gasteiger partial charge is 0.215 e. The van der Waals surface area contributed by atoms with Gasteiger partial charge in [-0.05, 0) is 0 Å². The van der Waals surface area contributed by atoms with Gasteiger partial charge in [-0.2, -0.15) is 0 Å². The van der Waals surface area contributed by atoms with Gasteiger partial charge in [-0.1, -0.05) is 0 Å². The number of aromatic nitrogens is 2. The van der Waals surface area contributed by atoms with E-state index >= 15 is 0 Å². The standard InChI is InChI=1S/C7H11N5O/c1-11-3-10-5(6(8)9)7(11)12(2)4-13/h3-4H,1-2H3,(H3,8,9). The summed E-state index contributed by atoms with van der Waals surface area (Å²) in [5.74, 6) is 0.367. The number of hydrogen-bond donors (Lipinski definition) is 2. The van der Waals surface area contributed by atoms with Gasteiger partial charge in [-0.15, -0.1) is 0 Å². The van der Waals surface area contributed by atoms with Gasteiger partial charge >= 0.3 is 0 Å². The van der Waals surface area contributed by atoms with Gasteiger partial charge in [0, 0.05) is 14.1 Å². The van der Waals surface area contributed by atoms with Gasteiger partial charge in [-0.25, -0.2) is 4.98 Å². The molecule has 6 nitrogen and oxygen atoms in total. The van der Waals surface area contributed by atoms with Crippen LogP contribution in [-0.2, 0) is 11.8 Å². The van der Waals surface area contributed by atoms with E-state index in [1.807, 2.05) is 0 Å². The van der Waals surface area contributed by atoms with Crippen molar-refractivity contribution in [2.24, 2.45) is 12.8 Å². The van der Waals surface area contributed by atoms with Crippen molar-refractivity contribution in [2.75, 3.05) is 11.9 Å². The number of aryl methyl sites for hydroxylation is 1. The van der Waals surface area contributed by atoms with Crippen molar-refractivity contribution in [1.29, 1.82) is 5.41 Å². The minimum absolute atomic E-state index is 0.149. The molecule has 1 aromatic rings. The summed E-state index contributed by atoms with van der Waals surface area (Å²) in [5, 5.41) is 7.22. The van der Waals surface area contributed by atoms with Crippen molar-refractivity contribution in [1.82, 2.24) is 9.55 Å². The highest BCUT2D eigenvalue weighted by molar-refractivity contribution is 5.99. The van der Waals surface area contributed by atoms with E-state index in [1.54, 1.807) is 18.7 Å². The molecule has 0 radical (unpaired) electrons. The van der Waals surface area contributed by atoms with Crippen LogP contribution in [0.15, 0.2) is 6.33 Å². The minimum Gasteiger partial charge on any atom is -0.382 e. The maximum absolute atomic E-state index is 10.5.